The van der Waals surface area contributed by atoms with E-state index in [4.69, 9.17) is 20.5 Å². The van der Waals surface area contributed by atoms with Crippen LogP contribution < -0.4 is 0 Å². The quantitative estimate of drug-likeness (QED) is 0.494. The first-order valence-corrected chi connectivity index (χ1v) is 8.69. The molecular weight excluding hydrogens is 284 g/mol. The first-order valence-electron chi connectivity index (χ1n) is 5.11. The van der Waals surface area contributed by atoms with Crippen LogP contribution in [0.2, 0.25) is 12.1 Å². The smallest absolute Gasteiger partial charge is 0.339 e. The monoisotopic (exact) mass is 302 g/mol. The van der Waals surface area contributed by atoms with Crippen molar-refractivity contribution in [3.05, 3.63) is 0 Å². The summed E-state index contributed by atoms with van der Waals surface area (Å²) in [5.74, 6) is 0. The topological polar surface area (TPSA) is 18.5 Å². The highest BCUT2D eigenvalue weighted by Crippen LogP contribution is 2.27. The summed E-state index contributed by atoms with van der Waals surface area (Å²) in [5.41, 5.74) is 0. The SMILES string of the molecule is CCCC[Si](CCC)(OC)OC(Cl)Br. The fraction of sp³-hybridized carbons (Fsp3) is 1.00. The lowest BCUT2D eigenvalue weighted by molar-refractivity contribution is 0.217. The average molecular weight is 304 g/mol. The summed E-state index contributed by atoms with van der Waals surface area (Å²) < 4.78 is 10.9. The molecule has 0 N–H and O–H groups in total. The van der Waals surface area contributed by atoms with E-state index in [1.165, 1.54) is 6.42 Å². The van der Waals surface area contributed by atoms with Crippen molar-refractivity contribution in [2.24, 2.45) is 0 Å². The molecule has 0 saturated heterocycles. The number of hydrogen-bond acceptors (Lipinski definition) is 2. The van der Waals surface area contributed by atoms with Crippen molar-refractivity contribution in [1.82, 2.24) is 0 Å². The molecule has 0 aliphatic heterocycles. The van der Waals surface area contributed by atoms with E-state index in [1.54, 1.807) is 7.11 Å². The third-order valence-corrected chi connectivity index (χ3v) is 6.77. The zero-order valence-electron chi connectivity index (χ0n) is 9.19. The normalized spacial score (nSPS) is 17.8. The second-order valence-corrected chi connectivity index (χ2v) is 8.57. The molecule has 0 aromatic rings. The van der Waals surface area contributed by atoms with Crippen LogP contribution in [0, 0.1) is 0 Å². The Morgan fingerprint density at radius 3 is 2.29 bits per heavy atom. The lowest BCUT2D eigenvalue weighted by atomic mass is 10.4. The summed E-state index contributed by atoms with van der Waals surface area (Å²) in [6.45, 7) is 4.32. The van der Waals surface area contributed by atoms with Crippen LogP contribution in [-0.2, 0) is 8.85 Å². The van der Waals surface area contributed by atoms with Gasteiger partial charge in [-0.1, -0.05) is 44.7 Å². The molecule has 2 unspecified atom stereocenters. The number of halogens is 2. The first-order chi connectivity index (χ1) is 6.60. The molecule has 0 aromatic carbocycles. The Labute approximate surface area is 102 Å². The van der Waals surface area contributed by atoms with Gasteiger partial charge in [-0.15, -0.1) is 0 Å². The molecule has 0 aromatic heterocycles. The molecule has 0 amide bonds. The average Bonchev–Trinajstić information content (AvgIpc) is 2.14. The molecule has 0 bridgehead atoms. The van der Waals surface area contributed by atoms with Crippen molar-refractivity contribution in [2.45, 2.75) is 49.7 Å². The fourth-order valence-electron chi connectivity index (χ4n) is 1.48. The first kappa shape index (κ1) is 14.9. The van der Waals surface area contributed by atoms with Gasteiger partial charge < -0.3 is 8.85 Å². The second-order valence-electron chi connectivity index (χ2n) is 3.35. The molecule has 14 heavy (non-hydrogen) atoms. The van der Waals surface area contributed by atoms with Gasteiger partial charge in [0, 0.05) is 7.11 Å². The Kier molecular flexibility index (Phi) is 8.63. The summed E-state index contributed by atoms with van der Waals surface area (Å²) in [6.07, 6.45) is 3.40. The van der Waals surface area contributed by atoms with Gasteiger partial charge in [0.1, 0.15) is 0 Å². The summed E-state index contributed by atoms with van der Waals surface area (Å²) in [7, 11) is -0.292. The van der Waals surface area contributed by atoms with Crippen LogP contribution in [0.5, 0.6) is 0 Å². The molecule has 0 aliphatic rings. The molecule has 86 valence electrons. The molecule has 0 saturated carbocycles. The highest BCUT2D eigenvalue weighted by Gasteiger charge is 2.36. The fourth-order valence-corrected chi connectivity index (χ4v) is 5.96. The third-order valence-electron chi connectivity index (χ3n) is 2.22. The Morgan fingerprint density at radius 1 is 1.29 bits per heavy atom. The van der Waals surface area contributed by atoms with E-state index in [1.807, 2.05) is 0 Å². The van der Waals surface area contributed by atoms with E-state index in [0.29, 0.717) is 0 Å². The van der Waals surface area contributed by atoms with Crippen molar-refractivity contribution in [2.75, 3.05) is 7.11 Å². The zero-order valence-corrected chi connectivity index (χ0v) is 12.5. The number of rotatable bonds is 8. The molecule has 2 nitrogen and oxygen atoms in total. The van der Waals surface area contributed by atoms with E-state index < -0.39 is 13.0 Å². The molecule has 0 spiro atoms. The molecule has 0 fully saturated rings. The van der Waals surface area contributed by atoms with Crippen molar-refractivity contribution in [3.8, 4) is 0 Å². The van der Waals surface area contributed by atoms with Crippen LogP contribution in [0.25, 0.3) is 0 Å². The van der Waals surface area contributed by atoms with Crippen LogP contribution in [0.3, 0.4) is 0 Å². The lowest BCUT2D eigenvalue weighted by Gasteiger charge is -2.29. The molecule has 0 rings (SSSR count). The summed E-state index contributed by atoms with van der Waals surface area (Å²) in [4.78, 5) is 0. The van der Waals surface area contributed by atoms with Gasteiger partial charge in [-0.05, 0) is 28.0 Å². The van der Waals surface area contributed by atoms with Gasteiger partial charge in [-0.3, -0.25) is 0 Å². The van der Waals surface area contributed by atoms with Gasteiger partial charge in [-0.2, -0.15) is 0 Å². The van der Waals surface area contributed by atoms with Crippen molar-refractivity contribution < 1.29 is 8.85 Å². The molecule has 0 aliphatic carbocycles. The van der Waals surface area contributed by atoms with E-state index in [9.17, 15) is 0 Å². The summed E-state index contributed by atoms with van der Waals surface area (Å²) in [6, 6.07) is 2.04. The third kappa shape index (κ3) is 5.71. The molecule has 5 heteroatoms. The maximum Gasteiger partial charge on any atom is 0.339 e. The molecular formula is C9H20BrClO2Si. The Bertz CT molecular complexity index is 149. The minimum absolute atomic E-state index is 0.419. The van der Waals surface area contributed by atoms with Crippen LogP contribution >= 0.6 is 27.5 Å². The maximum atomic E-state index is 5.80. The van der Waals surface area contributed by atoms with Gasteiger partial charge in [0.2, 0.25) is 0 Å². The van der Waals surface area contributed by atoms with Crippen LogP contribution in [0.1, 0.15) is 33.1 Å². The van der Waals surface area contributed by atoms with Crippen molar-refractivity contribution in [1.29, 1.82) is 0 Å². The number of hydrogen-bond donors (Lipinski definition) is 0. The predicted molar refractivity (Wildman–Crippen MR) is 67.2 cm³/mol. The minimum atomic E-state index is -2.03. The standard InChI is InChI=1S/C9H20BrClO2Si/c1-4-6-8-14(12-3,7-5-2)13-9(10)11/h9H,4-8H2,1-3H3. The van der Waals surface area contributed by atoms with Gasteiger partial charge in [-0.25, -0.2) is 0 Å². The lowest BCUT2D eigenvalue weighted by Crippen LogP contribution is -2.41. The largest absolute Gasteiger partial charge is 0.398 e. The van der Waals surface area contributed by atoms with E-state index in [2.05, 4.69) is 29.8 Å². The van der Waals surface area contributed by atoms with Crippen molar-refractivity contribution in [3.63, 3.8) is 0 Å². The number of alkyl halides is 2. The van der Waals surface area contributed by atoms with Gasteiger partial charge >= 0.3 is 8.56 Å². The Balaban J connectivity index is 4.26. The van der Waals surface area contributed by atoms with Crippen molar-refractivity contribution >= 4 is 36.1 Å². The Hall–Kier alpha value is 0.907. The highest BCUT2D eigenvalue weighted by atomic mass is 79.9. The Morgan fingerprint density at radius 2 is 1.93 bits per heavy atom. The van der Waals surface area contributed by atoms with Crippen LogP contribution in [0.4, 0.5) is 0 Å². The molecule has 0 heterocycles. The predicted octanol–water partition coefficient (Wildman–Crippen LogP) is 4.22. The molecule has 0 radical (unpaired) electrons. The summed E-state index contributed by atoms with van der Waals surface area (Å²) in [5, 5.41) is 0. The molecule has 2 atom stereocenters. The maximum absolute atomic E-state index is 5.80. The van der Waals surface area contributed by atoms with Gasteiger partial charge in [0.25, 0.3) is 0 Å². The van der Waals surface area contributed by atoms with Gasteiger partial charge in [0.15, 0.2) is 4.47 Å². The van der Waals surface area contributed by atoms with E-state index in [0.717, 1.165) is 24.9 Å². The number of unbranched alkanes of at least 4 members (excludes halogenated alkanes) is 1. The van der Waals surface area contributed by atoms with E-state index >= 15 is 0 Å². The zero-order chi connectivity index (χ0) is 11.0. The highest BCUT2D eigenvalue weighted by molar-refractivity contribution is 9.10. The minimum Gasteiger partial charge on any atom is -0.398 e. The van der Waals surface area contributed by atoms with Crippen LogP contribution in [0.15, 0.2) is 0 Å². The van der Waals surface area contributed by atoms with Crippen LogP contribution in [-0.4, -0.2) is 20.1 Å². The summed E-state index contributed by atoms with van der Waals surface area (Å²) >= 11 is 9.02. The second kappa shape index (κ2) is 8.10. The van der Waals surface area contributed by atoms with Gasteiger partial charge in [0.05, 0.1) is 0 Å². The van der Waals surface area contributed by atoms with E-state index in [-0.39, 0.29) is 0 Å².